The Morgan fingerprint density at radius 3 is 2.62 bits per heavy atom. The second-order valence-corrected chi connectivity index (χ2v) is 8.03. The van der Waals surface area contributed by atoms with Gasteiger partial charge in [-0.3, -0.25) is 24.1 Å². The summed E-state index contributed by atoms with van der Waals surface area (Å²) in [6.45, 7) is 0.213. The Hall–Kier alpha value is -4.43. The number of H-pyrrole nitrogens is 1. The van der Waals surface area contributed by atoms with Crippen molar-refractivity contribution < 1.29 is 9.90 Å². The van der Waals surface area contributed by atoms with Crippen LogP contribution in [0.3, 0.4) is 0 Å². The number of hydrogen-bond acceptors (Lipinski definition) is 8. The number of carbonyl (C=O) groups excluding carboxylic acids is 1. The van der Waals surface area contributed by atoms with Crippen molar-refractivity contribution in [3.8, 4) is 17.3 Å². The number of fused-ring (bicyclic) bond motifs is 3. The van der Waals surface area contributed by atoms with Crippen molar-refractivity contribution in [1.82, 2.24) is 29.4 Å². The number of nitrogens with one attached hydrogen (secondary N) is 1. The lowest BCUT2D eigenvalue weighted by Crippen LogP contribution is -2.43. The molecule has 0 radical (unpaired) electrons. The van der Waals surface area contributed by atoms with E-state index >= 15 is 0 Å². The van der Waals surface area contributed by atoms with Gasteiger partial charge in [0.25, 0.3) is 5.56 Å². The van der Waals surface area contributed by atoms with Crippen LogP contribution < -0.4 is 11.2 Å². The molecule has 4 aromatic heterocycles. The number of aliphatic hydroxyl groups is 1. The van der Waals surface area contributed by atoms with Crippen LogP contribution in [0, 0.1) is 11.3 Å². The van der Waals surface area contributed by atoms with Crippen LogP contribution in [0.25, 0.3) is 33.2 Å². The summed E-state index contributed by atoms with van der Waals surface area (Å²) in [6, 6.07) is 8.53. The molecular formula is C23H19N7O4. The largest absolute Gasteiger partial charge is 0.387 e. The highest BCUT2D eigenvalue weighted by Crippen LogP contribution is 2.28. The van der Waals surface area contributed by atoms with E-state index in [1.807, 2.05) is 6.07 Å². The highest BCUT2D eigenvalue weighted by molar-refractivity contribution is 6.01. The number of aliphatic hydroxyl groups excluding tert-OH is 1. The van der Waals surface area contributed by atoms with Gasteiger partial charge in [-0.05, 0) is 37.1 Å². The number of aromatic amines is 1. The van der Waals surface area contributed by atoms with Gasteiger partial charge in [0, 0.05) is 37.1 Å². The van der Waals surface area contributed by atoms with Gasteiger partial charge in [-0.25, -0.2) is 14.8 Å². The fourth-order valence-corrected chi connectivity index (χ4v) is 4.38. The van der Waals surface area contributed by atoms with Crippen LogP contribution in [-0.2, 0) is 4.79 Å². The van der Waals surface area contributed by atoms with Crippen LogP contribution in [0.4, 0.5) is 0 Å². The van der Waals surface area contributed by atoms with Crippen LogP contribution >= 0.6 is 0 Å². The standard InChI is InChI=1S/C23H19N7O4/c24-9-14-2-1-13(10-25-14)17-3-4-18-20(27-17)21-16(11-26-18)22(33)28-23(34)30(21)15-5-7-29(8-6-15)19(32)12-31/h1-4,10-11,15,31H,5-8,12H2,(H,28,33,34). The van der Waals surface area contributed by atoms with E-state index in [0.717, 1.165) is 0 Å². The zero-order valence-corrected chi connectivity index (χ0v) is 17.9. The molecule has 1 saturated heterocycles. The summed E-state index contributed by atoms with van der Waals surface area (Å²) in [5.41, 5.74) is 1.71. The van der Waals surface area contributed by atoms with Gasteiger partial charge in [-0.15, -0.1) is 0 Å². The van der Waals surface area contributed by atoms with Crippen LogP contribution in [0.1, 0.15) is 24.6 Å². The monoisotopic (exact) mass is 457 g/mol. The first kappa shape index (κ1) is 21.4. The Morgan fingerprint density at radius 1 is 1.15 bits per heavy atom. The molecule has 34 heavy (non-hydrogen) atoms. The van der Waals surface area contributed by atoms with E-state index in [-0.39, 0.29) is 23.0 Å². The average molecular weight is 457 g/mol. The number of aromatic nitrogens is 5. The topological polar surface area (TPSA) is 158 Å². The van der Waals surface area contributed by atoms with Crippen molar-refractivity contribution in [3.63, 3.8) is 0 Å². The van der Waals surface area contributed by atoms with E-state index in [0.29, 0.717) is 53.7 Å². The molecule has 0 aromatic carbocycles. The molecule has 1 amide bonds. The summed E-state index contributed by atoms with van der Waals surface area (Å²) in [4.78, 5) is 54.6. The maximum absolute atomic E-state index is 13.0. The third-order valence-corrected chi connectivity index (χ3v) is 6.10. The molecule has 4 aromatic rings. The fourth-order valence-electron chi connectivity index (χ4n) is 4.38. The van der Waals surface area contributed by atoms with E-state index in [4.69, 9.17) is 15.4 Å². The third-order valence-electron chi connectivity index (χ3n) is 6.10. The van der Waals surface area contributed by atoms with Gasteiger partial charge in [-0.2, -0.15) is 5.26 Å². The van der Waals surface area contributed by atoms with E-state index in [2.05, 4.69) is 15.0 Å². The van der Waals surface area contributed by atoms with E-state index in [1.54, 1.807) is 35.4 Å². The summed E-state index contributed by atoms with van der Waals surface area (Å²) in [6.07, 6.45) is 3.94. The first-order valence-corrected chi connectivity index (χ1v) is 10.7. The number of amides is 1. The Morgan fingerprint density at radius 2 is 1.94 bits per heavy atom. The first-order chi connectivity index (χ1) is 16.5. The van der Waals surface area contributed by atoms with Gasteiger partial charge < -0.3 is 10.0 Å². The van der Waals surface area contributed by atoms with Crippen molar-refractivity contribution >= 4 is 27.8 Å². The van der Waals surface area contributed by atoms with E-state index < -0.39 is 17.9 Å². The quantitative estimate of drug-likeness (QED) is 0.426. The van der Waals surface area contributed by atoms with E-state index in [9.17, 15) is 14.4 Å². The molecule has 1 fully saturated rings. The van der Waals surface area contributed by atoms with Gasteiger partial charge in [-0.1, -0.05) is 0 Å². The smallest absolute Gasteiger partial charge is 0.329 e. The molecule has 11 heteroatoms. The van der Waals surface area contributed by atoms with Crippen LogP contribution in [0.5, 0.6) is 0 Å². The van der Waals surface area contributed by atoms with Crippen molar-refractivity contribution in [3.05, 3.63) is 63.2 Å². The predicted octanol–water partition coefficient (Wildman–Crippen LogP) is 0.722. The highest BCUT2D eigenvalue weighted by Gasteiger charge is 2.26. The van der Waals surface area contributed by atoms with Crippen LogP contribution in [-0.4, -0.2) is 60.1 Å². The van der Waals surface area contributed by atoms with Gasteiger partial charge in [0.15, 0.2) is 0 Å². The molecule has 0 saturated carbocycles. The lowest BCUT2D eigenvalue weighted by atomic mass is 10.0. The second-order valence-electron chi connectivity index (χ2n) is 8.03. The Labute approximate surface area is 192 Å². The lowest BCUT2D eigenvalue weighted by Gasteiger charge is -2.33. The Kier molecular flexibility index (Phi) is 5.35. The molecule has 2 N–H and O–H groups in total. The SMILES string of the molecule is N#Cc1ccc(-c2ccc3ncc4c(=O)[nH]c(=O)n(C5CCN(C(=O)CO)CC5)c4c3n2)cn1. The Balaban J connectivity index is 1.68. The molecular weight excluding hydrogens is 438 g/mol. The van der Waals surface area contributed by atoms with Crippen LogP contribution in [0.15, 0.2) is 46.2 Å². The maximum Gasteiger partial charge on any atom is 0.329 e. The molecule has 0 aliphatic carbocycles. The average Bonchev–Trinajstić information content (AvgIpc) is 2.88. The molecule has 170 valence electrons. The molecule has 5 rings (SSSR count). The number of rotatable bonds is 3. The number of likely N-dealkylation sites (tertiary alicyclic amines) is 1. The molecule has 1 aliphatic heterocycles. The minimum Gasteiger partial charge on any atom is -0.387 e. The summed E-state index contributed by atoms with van der Waals surface area (Å²) in [7, 11) is 0. The van der Waals surface area contributed by atoms with Gasteiger partial charge in [0.05, 0.1) is 22.1 Å². The van der Waals surface area contributed by atoms with Crippen LogP contribution in [0.2, 0.25) is 0 Å². The second kappa shape index (κ2) is 8.49. The Bertz CT molecular complexity index is 1580. The minimum absolute atomic E-state index is 0.239. The van der Waals surface area contributed by atoms with Crippen molar-refractivity contribution in [2.45, 2.75) is 18.9 Å². The normalized spacial score (nSPS) is 14.4. The van der Waals surface area contributed by atoms with Gasteiger partial charge in [0.1, 0.15) is 23.9 Å². The zero-order valence-electron chi connectivity index (χ0n) is 17.9. The first-order valence-electron chi connectivity index (χ1n) is 10.7. The summed E-state index contributed by atoms with van der Waals surface area (Å²) >= 11 is 0. The molecule has 0 bridgehead atoms. The molecule has 0 atom stereocenters. The number of nitrogens with zero attached hydrogens (tertiary/aromatic N) is 6. The fraction of sp³-hybridized carbons (Fsp3) is 0.261. The molecule has 11 nitrogen and oxygen atoms in total. The maximum atomic E-state index is 13.0. The summed E-state index contributed by atoms with van der Waals surface area (Å²) in [5.74, 6) is -0.353. The summed E-state index contributed by atoms with van der Waals surface area (Å²) in [5, 5.41) is 18.4. The van der Waals surface area contributed by atoms with E-state index in [1.165, 1.54) is 10.8 Å². The number of pyridine rings is 3. The highest BCUT2D eigenvalue weighted by atomic mass is 16.3. The van der Waals surface area contributed by atoms with Crippen molar-refractivity contribution in [1.29, 1.82) is 5.26 Å². The minimum atomic E-state index is -0.556. The molecule has 1 aliphatic rings. The number of hydrogen-bond donors (Lipinski definition) is 2. The van der Waals surface area contributed by atoms with Gasteiger partial charge in [0.2, 0.25) is 5.91 Å². The summed E-state index contributed by atoms with van der Waals surface area (Å²) < 4.78 is 1.54. The van der Waals surface area contributed by atoms with Crippen molar-refractivity contribution in [2.75, 3.05) is 19.7 Å². The lowest BCUT2D eigenvalue weighted by molar-refractivity contribution is -0.135. The van der Waals surface area contributed by atoms with Crippen molar-refractivity contribution in [2.24, 2.45) is 0 Å². The predicted molar refractivity (Wildman–Crippen MR) is 122 cm³/mol. The van der Waals surface area contributed by atoms with Gasteiger partial charge >= 0.3 is 5.69 Å². The number of piperidine rings is 1. The molecule has 0 spiro atoms. The third kappa shape index (κ3) is 3.60. The number of nitriles is 1. The molecule has 5 heterocycles. The number of carbonyl (C=O) groups is 1. The zero-order chi connectivity index (χ0) is 23.8. The molecule has 0 unspecified atom stereocenters.